The van der Waals surface area contributed by atoms with Crippen molar-refractivity contribution in [3.8, 4) is 17.6 Å². The Bertz CT molecular complexity index is 601. The molecule has 0 radical (unpaired) electrons. The van der Waals surface area contributed by atoms with Gasteiger partial charge < -0.3 is 19.7 Å². The van der Waals surface area contributed by atoms with Crippen LogP contribution in [0.4, 0.5) is 11.4 Å². The van der Waals surface area contributed by atoms with E-state index in [0.29, 0.717) is 12.3 Å². The molecule has 0 atom stereocenters. The minimum Gasteiger partial charge on any atom is -0.493 e. The van der Waals surface area contributed by atoms with E-state index in [2.05, 4.69) is 16.3 Å². The second-order valence-corrected chi connectivity index (χ2v) is 6.56. The molecule has 1 fully saturated rings. The van der Waals surface area contributed by atoms with E-state index in [-0.39, 0.29) is 5.54 Å². The highest BCUT2D eigenvalue weighted by molar-refractivity contribution is 5.78. The van der Waals surface area contributed by atoms with Crippen LogP contribution in [0.1, 0.15) is 38.5 Å². The van der Waals surface area contributed by atoms with Crippen LogP contribution >= 0.6 is 0 Å². The van der Waals surface area contributed by atoms with Gasteiger partial charge in [-0.25, -0.2) is 0 Å². The van der Waals surface area contributed by atoms with Crippen LogP contribution in [0.5, 0.6) is 11.5 Å². The molecule has 0 bridgehead atoms. The Labute approximate surface area is 138 Å². The third kappa shape index (κ3) is 3.03. The fourth-order valence-electron chi connectivity index (χ4n) is 3.92. The number of nitrogens with one attached hydrogen (secondary N) is 1. The van der Waals surface area contributed by atoms with Crippen LogP contribution in [0.15, 0.2) is 12.1 Å². The summed E-state index contributed by atoms with van der Waals surface area (Å²) in [4.78, 5) is 2.18. The van der Waals surface area contributed by atoms with Crippen LogP contribution in [0.25, 0.3) is 0 Å². The van der Waals surface area contributed by atoms with Gasteiger partial charge in [-0.3, -0.25) is 0 Å². The molecule has 124 valence electrons. The molecule has 1 heterocycles. The molecule has 0 unspecified atom stereocenters. The molecule has 23 heavy (non-hydrogen) atoms. The van der Waals surface area contributed by atoms with E-state index in [1.54, 1.807) is 14.2 Å². The van der Waals surface area contributed by atoms with E-state index < -0.39 is 0 Å². The maximum Gasteiger partial charge on any atom is 0.162 e. The largest absolute Gasteiger partial charge is 0.493 e. The number of hydrogen-bond acceptors (Lipinski definition) is 5. The molecule has 0 saturated heterocycles. The van der Waals surface area contributed by atoms with E-state index in [9.17, 15) is 5.26 Å². The average Bonchev–Trinajstić information content (AvgIpc) is 2.79. The van der Waals surface area contributed by atoms with Crippen molar-refractivity contribution in [2.24, 2.45) is 0 Å². The first-order chi connectivity index (χ1) is 11.2. The van der Waals surface area contributed by atoms with Crippen molar-refractivity contribution < 1.29 is 9.47 Å². The standard InChI is InChI=1S/C18H25N3O2/c1-22-16-11-14-15(12-17(16)23-2)21(10-9-19)13-18(20-14)7-5-3-4-6-8-18/h11-12,20H,3-8,10,13H2,1-2H3. The molecule has 1 aliphatic carbocycles. The third-order valence-electron chi connectivity index (χ3n) is 5.06. The molecule has 5 heteroatoms. The Hall–Kier alpha value is -2.09. The number of ether oxygens (including phenoxy) is 2. The van der Waals surface area contributed by atoms with E-state index >= 15 is 0 Å². The number of nitriles is 1. The molecule has 0 aromatic heterocycles. The van der Waals surface area contributed by atoms with E-state index in [4.69, 9.17) is 9.47 Å². The van der Waals surface area contributed by atoms with Crippen molar-refractivity contribution in [3.63, 3.8) is 0 Å². The maximum atomic E-state index is 9.25. The number of anilines is 2. The van der Waals surface area contributed by atoms with Crippen LogP contribution in [0.2, 0.25) is 0 Å². The minimum absolute atomic E-state index is 0.0694. The van der Waals surface area contributed by atoms with Crippen molar-refractivity contribution >= 4 is 11.4 Å². The molecular weight excluding hydrogens is 290 g/mol. The zero-order valence-corrected chi connectivity index (χ0v) is 14.0. The number of fused-ring (bicyclic) bond motifs is 1. The van der Waals surface area contributed by atoms with Crippen LogP contribution in [0.3, 0.4) is 0 Å². The number of benzene rings is 1. The summed E-state index contributed by atoms with van der Waals surface area (Å²) in [5.41, 5.74) is 2.14. The molecule has 2 aliphatic rings. The van der Waals surface area contributed by atoms with Gasteiger partial charge in [-0.2, -0.15) is 5.26 Å². The summed E-state index contributed by atoms with van der Waals surface area (Å²) in [5, 5.41) is 13.0. The lowest BCUT2D eigenvalue weighted by Crippen LogP contribution is -2.52. The monoisotopic (exact) mass is 315 g/mol. The summed E-state index contributed by atoms with van der Waals surface area (Å²) in [6.45, 7) is 1.27. The summed E-state index contributed by atoms with van der Waals surface area (Å²) in [5.74, 6) is 1.43. The number of nitrogens with zero attached hydrogens (tertiary/aromatic N) is 2. The average molecular weight is 315 g/mol. The third-order valence-corrected chi connectivity index (χ3v) is 5.06. The van der Waals surface area contributed by atoms with Gasteiger partial charge >= 0.3 is 0 Å². The van der Waals surface area contributed by atoms with Crippen LogP contribution < -0.4 is 19.7 Å². The van der Waals surface area contributed by atoms with Crippen molar-refractivity contribution in [1.29, 1.82) is 5.26 Å². The predicted molar refractivity (Wildman–Crippen MR) is 91.4 cm³/mol. The number of rotatable bonds is 3. The van der Waals surface area contributed by atoms with E-state index in [0.717, 1.165) is 36.5 Å². The predicted octanol–water partition coefficient (Wildman–Crippen LogP) is 3.55. The lowest BCUT2D eigenvalue weighted by molar-refractivity contribution is 0.353. The summed E-state index contributed by atoms with van der Waals surface area (Å²) in [6, 6.07) is 6.29. The summed E-state index contributed by atoms with van der Waals surface area (Å²) in [7, 11) is 3.30. The van der Waals surface area contributed by atoms with E-state index in [1.807, 2.05) is 12.1 Å². The molecule has 1 spiro atoms. The highest BCUT2D eigenvalue weighted by Gasteiger charge is 2.38. The first kappa shape index (κ1) is 15.8. The first-order valence-corrected chi connectivity index (χ1v) is 8.37. The van der Waals surface area contributed by atoms with Gasteiger partial charge in [0, 0.05) is 18.7 Å². The highest BCUT2D eigenvalue weighted by atomic mass is 16.5. The summed E-state index contributed by atoms with van der Waals surface area (Å²) < 4.78 is 10.9. The van der Waals surface area contributed by atoms with Crippen molar-refractivity contribution in [2.75, 3.05) is 37.5 Å². The van der Waals surface area contributed by atoms with Crippen LogP contribution in [-0.2, 0) is 0 Å². The SMILES string of the molecule is COc1cc2c(cc1OC)N(CC#N)CC1(CCCCCC1)N2. The Morgan fingerprint density at radius 3 is 2.39 bits per heavy atom. The second-order valence-electron chi connectivity index (χ2n) is 6.56. The maximum absolute atomic E-state index is 9.25. The van der Waals surface area contributed by atoms with Gasteiger partial charge in [-0.1, -0.05) is 25.7 Å². The molecule has 5 nitrogen and oxygen atoms in total. The molecule has 3 rings (SSSR count). The fourth-order valence-corrected chi connectivity index (χ4v) is 3.92. The molecular formula is C18H25N3O2. The fraction of sp³-hybridized carbons (Fsp3) is 0.611. The van der Waals surface area contributed by atoms with Crippen molar-refractivity contribution in [3.05, 3.63) is 12.1 Å². The summed E-state index contributed by atoms with van der Waals surface area (Å²) in [6.07, 6.45) is 7.42. The molecule has 1 aliphatic heterocycles. The molecule has 1 N–H and O–H groups in total. The van der Waals surface area contributed by atoms with E-state index in [1.165, 1.54) is 25.7 Å². The van der Waals surface area contributed by atoms with Gasteiger partial charge in [0.1, 0.15) is 6.54 Å². The van der Waals surface area contributed by atoms with Crippen LogP contribution in [-0.4, -0.2) is 32.8 Å². The molecule has 1 aromatic rings. The Balaban J connectivity index is 2.01. The number of hydrogen-bond donors (Lipinski definition) is 1. The zero-order chi connectivity index (χ0) is 16.3. The second kappa shape index (κ2) is 6.57. The lowest BCUT2D eigenvalue weighted by atomic mass is 9.86. The molecule has 1 aromatic carbocycles. The smallest absolute Gasteiger partial charge is 0.162 e. The van der Waals surface area contributed by atoms with Crippen molar-refractivity contribution in [1.82, 2.24) is 0 Å². The Kier molecular flexibility index (Phi) is 4.51. The van der Waals surface area contributed by atoms with Gasteiger partial charge in [-0.15, -0.1) is 0 Å². The van der Waals surface area contributed by atoms with Gasteiger partial charge in [0.2, 0.25) is 0 Å². The molecule has 0 amide bonds. The van der Waals surface area contributed by atoms with Gasteiger partial charge in [0.15, 0.2) is 11.5 Å². The minimum atomic E-state index is 0.0694. The summed E-state index contributed by atoms with van der Waals surface area (Å²) >= 11 is 0. The lowest BCUT2D eigenvalue weighted by Gasteiger charge is -2.45. The number of methoxy groups -OCH3 is 2. The normalized spacial score (nSPS) is 19.3. The zero-order valence-electron chi connectivity index (χ0n) is 14.0. The van der Waals surface area contributed by atoms with Crippen LogP contribution in [0, 0.1) is 11.3 Å². The Morgan fingerprint density at radius 1 is 1.13 bits per heavy atom. The highest BCUT2D eigenvalue weighted by Crippen LogP contribution is 2.45. The van der Waals surface area contributed by atoms with Gasteiger partial charge in [0.25, 0.3) is 0 Å². The topological polar surface area (TPSA) is 57.5 Å². The van der Waals surface area contributed by atoms with Crippen molar-refractivity contribution in [2.45, 2.75) is 44.1 Å². The first-order valence-electron chi connectivity index (χ1n) is 8.37. The Morgan fingerprint density at radius 2 is 1.78 bits per heavy atom. The van der Waals surface area contributed by atoms with Gasteiger partial charge in [-0.05, 0) is 12.8 Å². The quantitative estimate of drug-likeness (QED) is 0.864. The van der Waals surface area contributed by atoms with Gasteiger partial charge in [0.05, 0.1) is 37.2 Å². The molecule has 1 saturated carbocycles.